The van der Waals surface area contributed by atoms with Crippen LogP contribution in [0.4, 0.5) is 0 Å². The number of hydrogen-bond acceptors (Lipinski definition) is 0. The molecule has 0 radical (unpaired) electrons. The Balaban J connectivity index is 2.18. The topological polar surface area (TPSA) is 0 Å². The van der Waals surface area contributed by atoms with Gasteiger partial charge in [-0.25, -0.2) is 0 Å². The molecular weight excluding hydrogens is 288 g/mol. The van der Waals surface area contributed by atoms with Gasteiger partial charge in [-0.15, -0.1) is 6.58 Å². The fourth-order valence-corrected chi connectivity index (χ4v) is 3.31. The summed E-state index contributed by atoms with van der Waals surface area (Å²) in [6.07, 6.45) is 21.2. The van der Waals surface area contributed by atoms with E-state index >= 15 is 0 Å². The lowest BCUT2D eigenvalue weighted by Gasteiger charge is -2.11. The third kappa shape index (κ3) is 9.11. The highest BCUT2D eigenvalue weighted by Gasteiger charge is 2.03. The van der Waals surface area contributed by atoms with Gasteiger partial charge in [0.15, 0.2) is 0 Å². The summed E-state index contributed by atoms with van der Waals surface area (Å²) in [7, 11) is 0. The number of aryl methyl sites for hydroxylation is 1. The quantitative estimate of drug-likeness (QED) is 0.243. The van der Waals surface area contributed by atoms with E-state index in [0.717, 1.165) is 12.8 Å². The predicted octanol–water partition coefficient (Wildman–Crippen LogP) is 7.68. The number of benzene rings is 1. The highest BCUT2D eigenvalue weighted by molar-refractivity contribution is 5.28. The van der Waals surface area contributed by atoms with E-state index in [1.165, 1.54) is 68.9 Å². The smallest absolute Gasteiger partial charge is 0.00947 e. The maximum atomic E-state index is 4.03. The van der Waals surface area contributed by atoms with Crippen LogP contribution >= 0.6 is 0 Å². The molecule has 0 aliphatic rings. The first-order valence-electron chi connectivity index (χ1n) is 10.2. The Morgan fingerprint density at radius 1 is 0.875 bits per heavy atom. The molecule has 0 aliphatic heterocycles. The van der Waals surface area contributed by atoms with Crippen LogP contribution in [0.2, 0.25) is 0 Å². The van der Waals surface area contributed by atoms with Gasteiger partial charge in [-0.1, -0.05) is 94.9 Å². The largest absolute Gasteiger partial charge is 0.103 e. The lowest BCUT2D eigenvalue weighted by Crippen LogP contribution is -1.96. The van der Waals surface area contributed by atoms with Crippen molar-refractivity contribution in [2.45, 2.75) is 84.5 Å². The summed E-state index contributed by atoms with van der Waals surface area (Å²) in [5.41, 5.74) is 2.96. The van der Waals surface area contributed by atoms with E-state index in [9.17, 15) is 0 Å². The Kier molecular flexibility index (Phi) is 12.2. The van der Waals surface area contributed by atoms with Crippen molar-refractivity contribution in [3.05, 3.63) is 60.2 Å². The van der Waals surface area contributed by atoms with Gasteiger partial charge in [0.25, 0.3) is 0 Å². The van der Waals surface area contributed by atoms with E-state index < -0.39 is 0 Å². The summed E-state index contributed by atoms with van der Waals surface area (Å²) in [4.78, 5) is 0. The van der Waals surface area contributed by atoms with Crippen LogP contribution in [-0.2, 0) is 12.8 Å². The van der Waals surface area contributed by atoms with E-state index in [-0.39, 0.29) is 0 Å². The molecule has 0 N–H and O–H groups in total. The van der Waals surface area contributed by atoms with Crippen LogP contribution in [0.1, 0.15) is 82.8 Å². The number of hydrogen-bond donors (Lipinski definition) is 0. The minimum absolute atomic E-state index is 0.698. The molecular formula is C24H38. The zero-order chi connectivity index (χ0) is 17.5. The zero-order valence-electron chi connectivity index (χ0n) is 16.1. The van der Waals surface area contributed by atoms with Crippen LogP contribution in [0.5, 0.6) is 0 Å². The van der Waals surface area contributed by atoms with Crippen molar-refractivity contribution in [2.24, 2.45) is 5.92 Å². The summed E-state index contributed by atoms with van der Waals surface area (Å²) in [5.74, 6) is 0.698. The molecule has 0 aromatic heterocycles. The van der Waals surface area contributed by atoms with Crippen LogP contribution in [0.3, 0.4) is 0 Å². The predicted molar refractivity (Wildman–Crippen MR) is 110 cm³/mol. The van der Waals surface area contributed by atoms with Crippen LogP contribution in [0.25, 0.3) is 0 Å². The Labute approximate surface area is 151 Å². The molecule has 0 heteroatoms. The average molecular weight is 327 g/mol. The molecule has 0 saturated carbocycles. The summed E-state index contributed by atoms with van der Waals surface area (Å²) in [6, 6.07) is 8.80. The van der Waals surface area contributed by atoms with Gasteiger partial charge in [0.2, 0.25) is 0 Å². The van der Waals surface area contributed by atoms with Crippen molar-refractivity contribution in [3.63, 3.8) is 0 Å². The molecule has 0 fully saturated rings. The van der Waals surface area contributed by atoms with Crippen molar-refractivity contribution >= 4 is 0 Å². The third-order valence-corrected chi connectivity index (χ3v) is 4.97. The molecule has 0 heterocycles. The second kappa shape index (κ2) is 14.1. The van der Waals surface area contributed by atoms with Gasteiger partial charge in [0, 0.05) is 0 Å². The molecule has 0 bridgehead atoms. The van der Waals surface area contributed by atoms with Crippen molar-refractivity contribution in [3.8, 4) is 0 Å². The van der Waals surface area contributed by atoms with Crippen LogP contribution < -0.4 is 0 Å². The molecule has 24 heavy (non-hydrogen) atoms. The first kappa shape index (κ1) is 20.7. The average Bonchev–Trinajstić information content (AvgIpc) is 2.62. The van der Waals surface area contributed by atoms with Gasteiger partial charge in [-0.3, -0.25) is 0 Å². The SMILES string of the molecule is C=CC(CC/C=C/Cc1ccccc1CC)CCCCCCCC. The molecule has 1 unspecified atom stereocenters. The van der Waals surface area contributed by atoms with E-state index in [4.69, 9.17) is 0 Å². The standard InChI is InChI=1S/C24H38/c1-4-7-8-9-10-12-17-22(5-2)18-13-11-14-20-24-21-16-15-19-23(24)6-3/h5,11,14-16,19,21-22H,2,4,6-10,12-13,17-18,20H2,1,3H3/b14-11+. The van der Waals surface area contributed by atoms with Crippen LogP contribution in [0.15, 0.2) is 49.1 Å². The molecule has 1 aromatic rings. The van der Waals surface area contributed by atoms with Crippen molar-refractivity contribution in [2.75, 3.05) is 0 Å². The van der Waals surface area contributed by atoms with Crippen molar-refractivity contribution in [1.82, 2.24) is 0 Å². The lowest BCUT2D eigenvalue weighted by atomic mass is 9.95. The van der Waals surface area contributed by atoms with Crippen molar-refractivity contribution < 1.29 is 0 Å². The molecule has 1 aromatic carbocycles. The monoisotopic (exact) mass is 326 g/mol. The molecule has 1 atom stereocenters. The molecule has 0 nitrogen and oxygen atoms in total. The fourth-order valence-electron chi connectivity index (χ4n) is 3.31. The van der Waals surface area contributed by atoms with Gasteiger partial charge >= 0.3 is 0 Å². The summed E-state index contributed by atoms with van der Waals surface area (Å²) >= 11 is 0. The Morgan fingerprint density at radius 2 is 1.58 bits per heavy atom. The minimum Gasteiger partial charge on any atom is -0.103 e. The zero-order valence-corrected chi connectivity index (χ0v) is 16.1. The minimum atomic E-state index is 0.698. The van der Waals surface area contributed by atoms with Crippen LogP contribution in [-0.4, -0.2) is 0 Å². The molecule has 0 saturated heterocycles. The van der Waals surface area contributed by atoms with Gasteiger partial charge in [0.1, 0.15) is 0 Å². The molecule has 1 rings (SSSR count). The van der Waals surface area contributed by atoms with Gasteiger partial charge in [-0.05, 0) is 49.1 Å². The maximum Gasteiger partial charge on any atom is -0.00947 e. The highest BCUT2D eigenvalue weighted by Crippen LogP contribution is 2.18. The summed E-state index contributed by atoms with van der Waals surface area (Å²) in [6.45, 7) is 8.55. The van der Waals surface area contributed by atoms with E-state index in [1.807, 2.05) is 0 Å². The third-order valence-electron chi connectivity index (χ3n) is 4.97. The first-order valence-corrected chi connectivity index (χ1v) is 10.2. The van der Waals surface area contributed by atoms with E-state index in [2.05, 4.69) is 62.9 Å². The molecule has 134 valence electrons. The number of allylic oxidation sites excluding steroid dienone is 3. The number of unbranched alkanes of at least 4 members (excludes halogenated alkanes) is 5. The second-order valence-electron chi connectivity index (χ2n) is 6.93. The second-order valence-corrected chi connectivity index (χ2v) is 6.93. The Hall–Kier alpha value is -1.30. The maximum absolute atomic E-state index is 4.03. The normalized spacial score (nSPS) is 12.6. The summed E-state index contributed by atoms with van der Waals surface area (Å²) < 4.78 is 0. The lowest BCUT2D eigenvalue weighted by molar-refractivity contribution is 0.497. The van der Waals surface area contributed by atoms with E-state index in [1.54, 1.807) is 0 Å². The fraction of sp³-hybridized carbons (Fsp3) is 0.583. The summed E-state index contributed by atoms with van der Waals surface area (Å²) in [5, 5.41) is 0. The molecule has 0 aliphatic carbocycles. The van der Waals surface area contributed by atoms with Gasteiger partial charge < -0.3 is 0 Å². The van der Waals surface area contributed by atoms with Crippen LogP contribution in [0, 0.1) is 5.92 Å². The molecule has 0 spiro atoms. The Morgan fingerprint density at radius 3 is 2.29 bits per heavy atom. The van der Waals surface area contributed by atoms with Gasteiger partial charge in [-0.2, -0.15) is 0 Å². The number of rotatable bonds is 14. The van der Waals surface area contributed by atoms with E-state index in [0.29, 0.717) is 5.92 Å². The highest BCUT2D eigenvalue weighted by atomic mass is 14.1. The molecule has 0 amide bonds. The van der Waals surface area contributed by atoms with Crippen molar-refractivity contribution in [1.29, 1.82) is 0 Å². The Bertz CT molecular complexity index is 455. The first-order chi connectivity index (χ1) is 11.8. The van der Waals surface area contributed by atoms with Gasteiger partial charge in [0.05, 0.1) is 0 Å².